The molecule has 0 aliphatic heterocycles. The Balaban J connectivity index is 2.78. The van der Waals surface area contributed by atoms with Crippen molar-refractivity contribution >= 4 is 11.8 Å². The van der Waals surface area contributed by atoms with Gasteiger partial charge in [0.1, 0.15) is 6.04 Å². The summed E-state index contributed by atoms with van der Waals surface area (Å²) in [7, 11) is 1.70. The number of benzene rings is 1. The number of carbonyl (C=O) groups is 2. The van der Waals surface area contributed by atoms with Gasteiger partial charge in [0.05, 0.1) is 6.54 Å². The Morgan fingerprint density at radius 1 is 1.43 bits per heavy atom. The van der Waals surface area contributed by atoms with Crippen molar-refractivity contribution in [2.24, 2.45) is 5.73 Å². The van der Waals surface area contributed by atoms with Crippen LogP contribution < -0.4 is 11.1 Å². The Bertz CT molecular complexity index is 572. The van der Waals surface area contributed by atoms with Crippen LogP contribution in [0.4, 0.5) is 0 Å². The van der Waals surface area contributed by atoms with E-state index in [1.807, 2.05) is 6.92 Å². The molecule has 0 radical (unpaired) electrons. The minimum atomic E-state index is -0.568. The van der Waals surface area contributed by atoms with Gasteiger partial charge >= 0.3 is 0 Å². The SMILES string of the molecule is CCN(C)C(=O)C(C)NC(=O)c1cccc(C#CCN)c1. The second-order valence-corrected chi connectivity index (χ2v) is 4.63. The largest absolute Gasteiger partial charge is 0.344 e. The zero-order valence-corrected chi connectivity index (χ0v) is 12.6. The van der Waals surface area contributed by atoms with Crippen LogP contribution in [0.3, 0.4) is 0 Å². The molecule has 0 aromatic heterocycles. The molecule has 1 aromatic carbocycles. The summed E-state index contributed by atoms with van der Waals surface area (Å²) in [6.07, 6.45) is 0. The molecular formula is C16H21N3O2. The minimum Gasteiger partial charge on any atom is -0.344 e. The van der Waals surface area contributed by atoms with Crippen molar-refractivity contribution in [2.45, 2.75) is 19.9 Å². The number of hydrogen-bond donors (Lipinski definition) is 2. The predicted molar refractivity (Wildman–Crippen MR) is 82.6 cm³/mol. The lowest BCUT2D eigenvalue weighted by Gasteiger charge is -2.20. The second-order valence-electron chi connectivity index (χ2n) is 4.63. The molecule has 5 nitrogen and oxygen atoms in total. The fourth-order valence-electron chi connectivity index (χ4n) is 1.72. The third kappa shape index (κ3) is 4.93. The number of nitrogens with two attached hydrogens (primary N) is 1. The molecule has 0 spiro atoms. The van der Waals surface area contributed by atoms with Gasteiger partial charge in [-0.15, -0.1) is 0 Å². The summed E-state index contributed by atoms with van der Waals surface area (Å²) in [5.74, 6) is 5.20. The van der Waals surface area contributed by atoms with Crippen LogP contribution >= 0.6 is 0 Å². The van der Waals surface area contributed by atoms with Gasteiger partial charge in [-0.2, -0.15) is 0 Å². The first-order valence-electron chi connectivity index (χ1n) is 6.84. The molecule has 0 aliphatic rings. The molecule has 1 unspecified atom stereocenters. The Hall–Kier alpha value is -2.32. The van der Waals surface area contributed by atoms with E-state index >= 15 is 0 Å². The second kappa shape index (κ2) is 8.08. The van der Waals surface area contributed by atoms with E-state index in [-0.39, 0.29) is 18.4 Å². The van der Waals surface area contributed by atoms with Crippen LogP contribution in [0.25, 0.3) is 0 Å². The van der Waals surface area contributed by atoms with Crippen molar-refractivity contribution in [2.75, 3.05) is 20.1 Å². The average Bonchev–Trinajstić information content (AvgIpc) is 2.51. The zero-order valence-electron chi connectivity index (χ0n) is 12.6. The molecule has 1 aromatic rings. The van der Waals surface area contributed by atoms with E-state index in [1.54, 1.807) is 43.1 Å². The van der Waals surface area contributed by atoms with Gasteiger partial charge in [-0.05, 0) is 32.0 Å². The molecule has 0 saturated heterocycles. The van der Waals surface area contributed by atoms with E-state index in [0.29, 0.717) is 12.1 Å². The summed E-state index contributed by atoms with van der Waals surface area (Å²) in [4.78, 5) is 25.6. The summed E-state index contributed by atoms with van der Waals surface area (Å²) in [5, 5.41) is 2.69. The molecule has 0 fully saturated rings. The van der Waals surface area contributed by atoms with Crippen molar-refractivity contribution in [3.8, 4) is 11.8 Å². The van der Waals surface area contributed by atoms with Gasteiger partial charge in [-0.1, -0.05) is 17.9 Å². The predicted octanol–water partition coefficient (Wildman–Crippen LogP) is 0.593. The number of nitrogens with zero attached hydrogens (tertiary/aromatic N) is 1. The molecule has 1 rings (SSSR count). The number of nitrogens with one attached hydrogen (secondary N) is 1. The first kappa shape index (κ1) is 16.7. The van der Waals surface area contributed by atoms with E-state index in [0.717, 1.165) is 5.56 Å². The standard InChI is InChI=1S/C16H21N3O2/c1-4-19(3)16(21)12(2)18-15(20)14-9-5-7-13(11-14)8-6-10-17/h5,7,9,11-12H,4,10,17H2,1-3H3,(H,18,20). The van der Waals surface area contributed by atoms with Gasteiger partial charge in [0.2, 0.25) is 5.91 Å². The van der Waals surface area contributed by atoms with Crippen molar-refractivity contribution in [1.82, 2.24) is 10.2 Å². The van der Waals surface area contributed by atoms with Crippen molar-refractivity contribution < 1.29 is 9.59 Å². The summed E-state index contributed by atoms with van der Waals surface area (Å²) in [5.41, 5.74) is 6.51. The Kier molecular flexibility index (Phi) is 6.44. The Labute approximate surface area is 125 Å². The normalized spacial score (nSPS) is 11.0. The lowest BCUT2D eigenvalue weighted by atomic mass is 10.1. The van der Waals surface area contributed by atoms with Crippen LogP contribution in [-0.4, -0.2) is 42.9 Å². The average molecular weight is 287 g/mol. The summed E-state index contributed by atoms with van der Waals surface area (Å²) in [6.45, 7) is 4.42. The third-order valence-corrected chi connectivity index (χ3v) is 3.03. The van der Waals surface area contributed by atoms with E-state index in [1.165, 1.54) is 0 Å². The maximum absolute atomic E-state index is 12.1. The summed E-state index contributed by atoms with van der Waals surface area (Å²) >= 11 is 0. The third-order valence-electron chi connectivity index (χ3n) is 3.03. The van der Waals surface area contributed by atoms with Gasteiger partial charge < -0.3 is 16.0 Å². The monoisotopic (exact) mass is 287 g/mol. The number of carbonyl (C=O) groups excluding carboxylic acids is 2. The van der Waals surface area contributed by atoms with Crippen LogP contribution in [0.15, 0.2) is 24.3 Å². The summed E-state index contributed by atoms with van der Waals surface area (Å²) < 4.78 is 0. The molecule has 0 heterocycles. The van der Waals surface area contributed by atoms with Crippen molar-refractivity contribution in [3.05, 3.63) is 35.4 Å². The van der Waals surface area contributed by atoms with Gasteiger partial charge in [0.25, 0.3) is 5.91 Å². The maximum Gasteiger partial charge on any atom is 0.251 e. The molecular weight excluding hydrogens is 266 g/mol. The van der Waals surface area contributed by atoms with Gasteiger partial charge in [0, 0.05) is 24.7 Å². The van der Waals surface area contributed by atoms with E-state index in [4.69, 9.17) is 5.73 Å². The van der Waals surface area contributed by atoms with Crippen LogP contribution in [0.1, 0.15) is 29.8 Å². The van der Waals surface area contributed by atoms with E-state index < -0.39 is 6.04 Å². The molecule has 2 amide bonds. The quantitative estimate of drug-likeness (QED) is 0.796. The highest BCUT2D eigenvalue weighted by Crippen LogP contribution is 2.05. The number of rotatable bonds is 4. The lowest BCUT2D eigenvalue weighted by Crippen LogP contribution is -2.45. The molecule has 0 saturated carbocycles. The molecule has 5 heteroatoms. The van der Waals surface area contributed by atoms with E-state index in [2.05, 4.69) is 17.2 Å². The fourth-order valence-corrected chi connectivity index (χ4v) is 1.72. The maximum atomic E-state index is 12.1. The number of hydrogen-bond acceptors (Lipinski definition) is 3. The smallest absolute Gasteiger partial charge is 0.251 e. The van der Waals surface area contributed by atoms with Crippen molar-refractivity contribution in [1.29, 1.82) is 0 Å². The van der Waals surface area contributed by atoms with Crippen LogP contribution in [0.2, 0.25) is 0 Å². The van der Waals surface area contributed by atoms with Gasteiger partial charge in [-0.3, -0.25) is 9.59 Å². The van der Waals surface area contributed by atoms with Crippen LogP contribution in [-0.2, 0) is 4.79 Å². The highest BCUT2D eigenvalue weighted by atomic mass is 16.2. The minimum absolute atomic E-state index is 0.120. The van der Waals surface area contributed by atoms with Gasteiger partial charge in [0.15, 0.2) is 0 Å². The molecule has 112 valence electrons. The van der Waals surface area contributed by atoms with E-state index in [9.17, 15) is 9.59 Å². The molecule has 3 N–H and O–H groups in total. The van der Waals surface area contributed by atoms with Crippen LogP contribution in [0.5, 0.6) is 0 Å². The zero-order chi connectivity index (χ0) is 15.8. The Morgan fingerprint density at radius 3 is 2.76 bits per heavy atom. The summed E-state index contributed by atoms with van der Waals surface area (Å²) in [6, 6.07) is 6.35. The highest BCUT2D eigenvalue weighted by Gasteiger charge is 2.19. The van der Waals surface area contributed by atoms with Gasteiger partial charge in [-0.25, -0.2) is 0 Å². The Morgan fingerprint density at radius 2 is 2.14 bits per heavy atom. The highest BCUT2D eigenvalue weighted by molar-refractivity contribution is 5.97. The fraction of sp³-hybridized carbons (Fsp3) is 0.375. The number of likely N-dealkylation sites (N-methyl/N-ethyl adjacent to an activating group) is 1. The van der Waals surface area contributed by atoms with Crippen molar-refractivity contribution in [3.63, 3.8) is 0 Å². The topological polar surface area (TPSA) is 75.4 Å². The molecule has 21 heavy (non-hydrogen) atoms. The molecule has 0 bridgehead atoms. The number of amides is 2. The molecule has 0 aliphatic carbocycles. The first-order valence-corrected chi connectivity index (χ1v) is 6.84. The lowest BCUT2D eigenvalue weighted by molar-refractivity contribution is -0.131. The van der Waals surface area contributed by atoms with Crippen LogP contribution in [0, 0.1) is 11.8 Å². The molecule has 1 atom stereocenters. The first-order chi connectivity index (χ1) is 9.99.